The van der Waals surface area contributed by atoms with Crippen molar-refractivity contribution >= 4 is 5.91 Å². The molecule has 2 N–H and O–H groups in total. The number of carbonyl (C=O) groups excluding carboxylic acids is 1. The second-order valence-corrected chi connectivity index (χ2v) is 8.18. The van der Waals surface area contributed by atoms with Crippen LogP contribution in [-0.4, -0.2) is 19.0 Å². The third-order valence-corrected chi connectivity index (χ3v) is 6.09. The van der Waals surface area contributed by atoms with E-state index in [2.05, 4.69) is 47.8 Å². The lowest BCUT2D eigenvalue weighted by Crippen LogP contribution is -3.10. The predicted octanol–water partition coefficient (Wildman–Crippen LogP) is 3.45. The molecule has 1 atom stereocenters. The zero-order valence-electron chi connectivity index (χ0n) is 16.7. The summed E-state index contributed by atoms with van der Waals surface area (Å²) in [5, 5.41) is 3.07. The lowest BCUT2D eigenvalue weighted by atomic mass is 9.97. The van der Waals surface area contributed by atoms with Gasteiger partial charge in [-0.25, -0.2) is 0 Å². The van der Waals surface area contributed by atoms with Crippen molar-refractivity contribution in [3.8, 4) is 0 Å². The molecule has 1 heterocycles. The van der Waals surface area contributed by atoms with Gasteiger partial charge in [-0.2, -0.15) is 0 Å². The summed E-state index contributed by atoms with van der Waals surface area (Å²) in [6.45, 7) is 4.03. The second kappa shape index (κ2) is 9.20. The zero-order valence-corrected chi connectivity index (χ0v) is 16.7. The van der Waals surface area contributed by atoms with E-state index in [-0.39, 0.29) is 5.91 Å². The van der Waals surface area contributed by atoms with Crippen molar-refractivity contribution in [1.82, 2.24) is 5.32 Å². The number of amides is 1. The Bertz CT molecular complexity index is 838. The van der Waals surface area contributed by atoms with Crippen LogP contribution < -0.4 is 10.2 Å². The van der Waals surface area contributed by atoms with Gasteiger partial charge in [-0.15, -0.1) is 0 Å². The molecule has 0 spiro atoms. The average molecular weight is 376 g/mol. The first-order chi connectivity index (χ1) is 13.8. The van der Waals surface area contributed by atoms with Crippen LogP contribution in [0.4, 0.5) is 0 Å². The van der Waals surface area contributed by atoms with Crippen molar-refractivity contribution in [2.75, 3.05) is 13.1 Å². The smallest absolute Gasteiger partial charge is 0.251 e. The van der Waals surface area contributed by atoms with E-state index < -0.39 is 0 Å². The molecule has 1 unspecified atom stereocenters. The molecule has 1 aliphatic heterocycles. The highest BCUT2D eigenvalue weighted by Gasteiger charge is 2.19. The van der Waals surface area contributed by atoms with Gasteiger partial charge >= 0.3 is 0 Å². The number of carbonyl (C=O) groups is 1. The molecule has 2 aliphatic rings. The van der Waals surface area contributed by atoms with Gasteiger partial charge < -0.3 is 10.2 Å². The van der Waals surface area contributed by atoms with Crippen molar-refractivity contribution in [3.63, 3.8) is 0 Å². The number of allylic oxidation sites excluding steroid dienone is 1. The molecule has 0 fully saturated rings. The molecule has 4 rings (SSSR count). The monoisotopic (exact) mass is 375 g/mol. The molecule has 3 heteroatoms. The van der Waals surface area contributed by atoms with Gasteiger partial charge in [0.25, 0.3) is 5.91 Å². The minimum atomic E-state index is 0.0437. The molecule has 146 valence electrons. The highest BCUT2D eigenvalue weighted by Crippen LogP contribution is 2.19. The Morgan fingerprint density at radius 1 is 0.964 bits per heavy atom. The van der Waals surface area contributed by atoms with Crippen molar-refractivity contribution in [1.29, 1.82) is 0 Å². The van der Waals surface area contributed by atoms with E-state index in [0.717, 1.165) is 38.0 Å². The first-order valence-corrected chi connectivity index (χ1v) is 10.7. The van der Waals surface area contributed by atoms with Gasteiger partial charge in [0.1, 0.15) is 13.1 Å². The second-order valence-electron chi connectivity index (χ2n) is 8.18. The first-order valence-electron chi connectivity index (χ1n) is 10.7. The summed E-state index contributed by atoms with van der Waals surface area (Å²) >= 11 is 0. The SMILES string of the molecule is O=C(NCCC1=CCCCC1)c1ccc(C[NH+]2CCc3ccccc3C2)cc1. The Labute approximate surface area is 168 Å². The largest absolute Gasteiger partial charge is 0.352 e. The predicted molar refractivity (Wildman–Crippen MR) is 113 cm³/mol. The molecule has 2 aromatic carbocycles. The van der Waals surface area contributed by atoms with Gasteiger partial charge in [-0.1, -0.05) is 48.0 Å². The van der Waals surface area contributed by atoms with Crippen LogP contribution in [0, 0.1) is 0 Å². The number of quaternary nitrogens is 1. The normalized spacial score (nSPS) is 18.9. The highest BCUT2D eigenvalue weighted by molar-refractivity contribution is 5.94. The van der Waals surface area contributed by atoms with Gasteiger partial charge in [-0.05, 0) is 49.8 Å². The Morgan fingerprint density at radius 2 is 1.79 bits per heavy atom. The molecule has 1 amide bonds. The fraction of sp³-hybridized carbons (Fsp3) is 0.400. The van der Waals surface area contributed by atoms with Crippen LogP contribution in [0.1, 0.15) is 59.2 Å². The summed E-state index contributed by atoms with van der Waals surface area (Å²) < 4.78 is 0. The third-order valence-electron chi connectivity index (χ3n) is 6.09. The molecule has 0 bridgehead atoms. The average Bonchev–Trinajstić information content (AvgIpc) is 2.75. The summed E-state index contributed by atoms with van der Waals surface area (Å²) in [5.74, 6) is 0.0437. The Balaban J connectivity index is 1.26. The Kier molecular flexibility index (Phi) is 6.23. The van der Waals surface area contributed by atoms with Gasteiger partial charge in [0, 0.05) is 29.7 Å². The van der Waals surface area contributed by atoms with E-state index >= 15 is 0 Å². The lowest BCUT2D eigenvalue weighted by molar-refractivity contribution is -0.929. The standard InChI is InChI=1S/C25H30N2O/c28-25(26-16-14-20-6-2-1-3-7-20)23-12-10-21(11-13-23)18-27-17-15-22-8-4-5-9-24(22)19-27/h4-6,8-13H,1-3,7,14-19H2,(H,26,28)/p+1. The fourth-order valence-electron chi connectivity index (χ4n) is 4.43. The topological polar surface area (TPSA) is 33.5 Å². The Morgan fingerprint density at radius 3 is 2.57 bits per heavy atom. The van der Waals surface area contributed by atoms with E-state index in [1.165, 1.54) is 54.5 Å². The highest BCUT2D eigenvalue weighted by atomic mass is 16.1. The molecule has 0 saturated carbocycles. The third kappa shape index (κ3) is 4.90. The Hall–Kier alpha value is -2.39. The van der Waals surface area contributed by atoms with E-state index in [1.54, 1.807) is 4.90 Å². The van der Waals surface area contributed by atoms with Crippen LogP contribution in [0.2, 0.25) is 0 Å². The number of benzene rings is 2. The van der Waals surface area contributed by atoms with Crippen LogP contribution in [0.5, 0.6) is 0 Å². The van der Waals surface area contributed by atoms with Crippen LogP contribution >= 0.6 is 0 Å². The molecule has 0 radical (unpaired) electrons. The molecule has 3 nitrogen and oxygen atoms in total. The van der Waals surface area contributed by atoms with E-state index in [0.29, 0.717) is 0 Å². The summed E-state index contributed by atoms with van der Waals surface area (Å²) in [7, 11) is 0. The fourth-order valence-corrected chi connectivity index (χ4v) is 4.43. The molecule has 0 saturated heterocycles. The summed E-state index contributed by atoms with van der Waals surface area (Å²) in [6.07, 6.45) is 9.51. The van der Waals surface area contributed by atoms with E-state index in [4.69, 9.17) is 0 Å². The van der Waals surface area contributed by atoms with Crippen LogP contribution in [0.15, 0.2) is 60.2 Å². The van der Waals surface area contributed by atoms with Crippen molar-refractivity contribution in [2.24, 2.45) is 0 Å². The minimum Gasteiger partial charge on any atom is -0.352 e. The number of nitrogens with one attached hydrogen (secondary N) is 2. The maximum atomic E-state index is 12.4. The van der Waals surface area contributed by atoms with Crippen LogP contribution in [0.25, 0.3) is 0 Å². The zero-order chi connectivity index (χ0) is 19.2. The quantitative estimate of drug-likeness (QED) is 0.745. The van der Waals surface area contributed by atoms with Crippen molar-refractivity contribution in [2.45, 2.75) is 51.6 Å². The van der Waals surface area contributed by atoms with Crippen LogP contribution in [-0.2, 0) is 19.5 Å². The molecule has 2 aromatic rings. The number of hydrogen-bond donors (Lipinski definition) is 2. The summed E-state index contributed by atoms with van der Waals surface area (Å²) in [6, 6.07) is 17.0. The van der Waals surface area contributed by atoms with Crippen LogP contribution in [0.3, 0.4) is 0 Å². The first kappa shape index (κ1) is 18.9. The number of fused-ring (bicyclic) bond motifs is 1. The van der Waals surface area contributed by atoms with Gasteiger partial charge in [0.15, 0.2) is 0 Å². The maximum absolute atomic E-state index is 12.4. The van der Waals surface area contributed by atoms with Gasteiger partial charge in [0.2, 0.25) is 0 Å². The van der Waals surface area contributed by atoms with Gasteiger partial charge in [0.05, 0.1) is 6.54 Å². The molecule has 1 aliphatic carbocycles. The number of rotatable bonds is 6. The molecular formula is C25H31N2O+. The molecule has 28 heavy (non-hydrogen) atoms. The molecular weight excluding hydrogens is 344 g/mol. The maximum Gasteiger partial charge on any atom is 0.251 e. The van der Waals surface area contributed by atoms with Crippen molar-refractivity contribution in [3.05, 3.63) is 82.4 Å². The molecule has 0 aromatic heterocycles. The summed E-state index contributed by atoms with van der Waals surface area (Å²) in [5.41, 5.74) is 6.56. The minimum absolute atomic E-state index is 0.0437. The number of hydrogen-bond acceptors (Lipinski definition) is 1. The lowest BCUT2D eigenvalue weighted by Gasteiger charge is -2.26. The van der Waals surface area contributed by atoms with Gasteiger partial charge in [-0.3, -0.25) is 4.79 Å². The van der Waals surface area contributed by atoms with Crippen molar-refractivity contribution < 1.29 is 9.69 Å². The summed E-state index contributed by atoms with van der Waals surface area (Å²) in [4.78, 5) is 14.0. The van der Waals surface area contributed by atoms with E-state index in [1.807, 2.05) is 12.1 Å². The van der Waals surface area contributed by atoms with E-state index in [9.17, 15) is 4.79 Å².